The molecule has 0 bridgehead atoms. The van der Waals surface area contributed by atoms with Crippen molar-refractivity contribution in [1.29, 1.82) is 5.26 Å². The monoisotopic (exact) mass is 234 g/mol. The molecule has 90 valence electrons. The number of nitrogens with zero attached hydrogens (tertiary/aromatic N) is 2. The van der Waals surface area contributed by atoms with Crippen LogP contribution in [-0.4, -0.2) is 23.1 Å². The standard InChI is InChI=1S/C13H15FN2O/c14-11-6-10(7-12(17)8-11)13(9-15)16-4-2-1-3-5-16/h6-8,13,17H,1-5H2. The first-order valence-corrected chi connectivity index (χ1v) is 5.84. The molecule has 2 rings (SSSR count). The highest BCUT2D eigenvalue weighted by atomic mass is 19.1. The summed E-state index contributed by atoms with van der Waals surface area (Å²) in [7, 11) is 0. The van der Waals surface area contributed by atoms with Crippen LogP contribution in [0.5, 0.6) is 5.75 Å². The van der Waals surface area contributed by atoms with Gasteiger partial charge in [-0.15, -0.1) is 0 Å². The Morgan fingerprint density at radius 3 is 2.53 bits per heavy atom. The predicted octanol–water partition coefficient (Wildman–Crippen LogP) is 2.58. The summed E-state index contributed by atoms with van der Waals surface area (Å²) in [5.74, 6) is -0.630. The van der Waals surface area contributed by atoms with E-state index in [2.05, 4.69) is 6.07 Å². The second-order valence-electron chi connectivity index (χ2n) is 4.37. The quantitative estimate of drug-likeness (QED) is 0.855. The van der Waals surface area contributed by atoms with Gasteiger partial charge in [0.05, 0.1) is 6.07 Å². The highest BCUT2D eigenvalue weighted by Gasteiger charge is 2.22. The van der Waals surface area contributed by atoms with Crippen LogP contribution in [0.1, 0.15) is 30.9 Å². The smallest absolute Gasteiger partial charge is 0.127 e. The summed E-state index contributed by atoms with van der Waals surface area (Å²) in [6, 6.07) is 5.56. The number of phenolic OH excluding ortho intramolecular Hbond substituents is 1. The Labute approximate surface area is 100 Å². The molecule has 1 saturated heterocycles. The average molecular weight is 234 g/mol. The first kappa shape index (κ1) is 11.9. The molecule has 1 atom stereocenters. The summed E-state index contributed by atoms with van der Waals surface area (Å²) >= 11 is 0. The second kappa shape index (κ2) is 5.15. The van der Waals surface area contributed by atoms with Crippen molar-refractivity contribution in [1.82, 2.24) is 4.90 Å². The SMILES string of the molecule is N#CC(c1cc(O)cc(F)c1)N1CCCCC1. The third-order valence-electron chi connectivity index (χ3n) is 3.10. The van der Waals surface area contributed by atoms with E-state index < -0.39 is 11.9 Å². The van der Waals surface area contributed by atoms with E-state index in [9.17, 15) is 14.8 Å². The van der Waals surface area contributed by atoms with E-state index in [4.69, 9.17) is 0 Å². The molecule has 0 aliphatic carbocycles. The van der Waals surface area contributed by atoms with Gasteiger partial charge in [0.25, 0.3) is 0 Å². The van der Waals surface area contributed by atoms with Crippen LogP contribution in [0, 0.1) is 17.1 Å². The second-order valence-corrected chi connectivity index (χ2v) is 4.37. The molecule has 0 amide bonds. The number of phenols is 1. The molecule has 1 unspecified atom stereocenters. The zero-order chi connectivity index (χ0) is 12.3. The maximum Gasteiger partial charge on any atom is 0.127 e. The molecule has 0 spiro atoms. The van der Waals surface area contributed by atoms with Crippen molar-refractivity contribution in [3.05, 3.63) is 29.6 Å². The molecule has 0 saturated carbocycles. The van der Waals surface area contributed by atoms with Gasteiger partial charge in [0.15, 0.2) is 0 Å². The number of aromatic hydroxyl groups is 1. The van der Waals surface area contributed by atoms with Gasteiger partial charge < -0.3 is 5.11 Å². The Hall–Kier alpha value is -1.60. The summed E-state index contributed by atoms with van der Waals surface area (Å²) in [5, 5.41) is 18.6. The molecule has 1 aromatic rings. The molecule has 17 heavy (non-hydrogen) atoms. The van der Waals surface area contributed by atoms with E-state index in [0.717, 1.165) is 32.0 Å². The highest BCUT2D eigenvalue weighted by molar-refractivity contribution is 5.33. The first-order valence-electron chi connectivity index (χ1n) is 5.84. The third kappa shape index (κ3) is 2.75. The molecule has 0 radical (unpaired) electrons. The summed E-state index contributed by atoms with van der Waals surface area (Å²) in [6.07, 6.45) is 3.32. The number of hydrogen-bond acceptors (Lipinski definition) is 3. The fourth-order valence-corrected chi connectivity index (χ4v) is 2.30. The first-order chi connectivity index (χ1) is 8.20. The Kier molecular flexibility index (Phi) is 3.60. The lowest BCUT2D eigenvalue weighted by atomic mass is 10.0. The molecule has 4 heteroatoms. The number of hydrogen-bond donors (Lipinski definition) is 1. The third-order valence-corrected chi connectivity index (χ3v) is 3.10. The van der Waals surface area contributed by atoms with E-state index in [1.165, 1.54) is 18.6 Å². The minimum Gasteiger partial charge on any atom is -0.508 e. The summed E-state index contributed by atoms with van der Waals surface area (Å²) < 4.78 is 13.2. The van der Waals surface area contributed by atoms with E-state index in [-0.39, 0.29) is 5.75 Å². The zero-order valence-corrected chi connectivity index (χ0v) is 9.56. The topological polar surface area (TPSA) is 47.3 Å². The van der Waals surface area contributed by atoms with E-state index in [0.29, 0.717) is 5.56 Å². The number of nitriles is 1. The van der Waals surface area contributed by atoms with Crippen LogP contribution in [0.25, 0.3) is 0 Å². The lowest BCUT2D eigenvalue weighted by molar-refractivity contribution is 0.195. The van der Waals surface area contributed by atoms with Crippen LogP contribution in [0.4, 0.5) is 4.39 Å². The lowest BCUT2D eigenvalue weighted by Gasteiger charge is -2.30. The van der Waals surface area contributed by atoms with Crippen LogP contribution in [-0.2, 0) is 0 Å². The Bertz CT molecular complexity index is 415. The molecule has 1 aromatic carbocycles. The van der Waals surface area contributed by atoms with Crippen LogP contribution in [0.3, 0.4) is 0 Å². The molecule has 3 nitrogen and oxygen atoms in total. The Balaban J connectivity index is 2.25. The normalized spacial score (nSPS) is 18.6. The van der Waals surface area contributed by atoms with Crippen molar-refractivity contribution < 1.29 is 9.50 Å². The molecule has 1 aliphatic heterocycles. The van der Waals surface area contributed by atoms with Crippen molar-refractivity contribution in [2.24, 2.45) is 0 Å². The van der Waals surface area contributed by atoms with E-state index in [1.807, 2.05) is 4.90 Å². The van der Waals surface area contributed by atoms with Crippen molar-refractivity contribution in [3.8, 4) is 11.8 Å². The number of likely N-dealkylation sites (tertiary alicyclic amines) is 1. The summed E-state index contributed by atoms with van der Waals surface area (Å²) in [5.41, 5.74) is 0.534. The van der Waals surface area contributed by atoms with Gasteiger partial charge >= 0.3 is 0 Å². The number of piperidine rings is 1. The Morgan fingerprint density at radius 1 is 1.24 bits per heavy atom. The van der Waals surface area contributed by atoms with Crippen molar-refractivity contribution in [2.75, 3.05) is 13.1 Å². The number of rotatable bonds is 2. The molecular weight excluding hydrogens is 219 g/mol. The molecular formula is C13H15FN2O. The van der Waals surface area contributed by atoms with Crippen molar-refractivity contribution >= 4 is 0 Å². The molecule has 0 aromatic heterocycles. The predicted molar refractivity (Wildman–Crippen MR) is 61.8 cm³/mol. The fourth-order valence-electron chi connectivity index (χ4n) is 2.30. The Morgan fingerprint density at radius 2 is 1.94 bits per heavy atom. The van der Waals surface area contributed by atoms with Crippen LogP contribution in [0.2, 0.25) is 0 Å². The lowest BCUT2D eigenvalue weighted by Crippen LogP contribution is -2.33. The zero-order valence-electron chi connectivity index (χ0n) is 9.56. The minimum absolute atomic E-state index is 0.128. The van der Waals surface area contributed by atoms with Gasteiger partial charge in [0.2, 0.25) is 0 Å². The molecule has 1 aliphatic rings. The summed E-state index contributed by atoms with van der Waals surface area (Å²) in [6.45, 7) is 1.71. The van der Waals surface area contributed by atoms with Crippen LogP contribution >= 0.6 is 0 Å². The number of halogens is 1. The highest BCUT2D eigenvalue weighted by Crippen LogP contribution is 2.27. The number of benzene rings is 1. The largest absolute Gasteiger partial charge is 0.508 e. The minimum atomic E-state index is -0.503. The maximum absolute atomic E-state index is 13.2. The van der Waals surface area contributed by atoms with Gasteiger partial charge in [-0.2, -0.15) is 5.26 Å². The van der Waals surface area contributed by atoms with Gasteiger partial charge in [-0.25, -0.2) is 4.39 Å². The van der Waals surface area contributed by atoms with Crippen molar-refractivity contribution in [2.45, 2.75) is 25.3 Å². The summed E-state index contributed by atoms with van der Waals surface area (Å²) in [4.78, 5) is 2.04. The van der Waals surface area contributed by atoms with E-state index in [1.54, 1.807) is 0 Å². The molecule has 1 heterocycles. The van der Waals surface area contributed by atoms with Gasteiger partial charge in [0.1, 0.15) is 17.6 Å². The van der Waals surface area contributed by atoms with Crippen LogP contribution < -0.4 is 0 Å². The van der Waals surface area contributed by atoms with Gasteiger partial charge in [-0.1, -0.05) is 6.42 Å². The average Bonchev–Trinajstić information content (AvgIpc) is 2.30. The molecule has 1 fully saturated rings. The van der Waals surface area contributed by atoms with Gasteiger partial charge in [-0.05, 0) is 43.6 Å². The maximum atomic E-state index is 13.2. The van der Waals surface area contributed by atoms with E-state index >= 15 is 0 Å². The fraction of sp³-hybridized carbons (Fsp3) is 0.462. The van der Waals surface area contributed by atoms with Crippen molar-refractivity contribution in [3.63, 3.8) is 0 Å². The van der Waals surface area contributed by atoms with Gasteiger partial charge in [-0.3, -0.25) is 4.90 Å². The molecule has 1 N–H and O–H groups in total. The van der Waals surface area contributed by atoms with Crippen LogP contribution in [0.15, 0.2) is 18.2 Å². The van der Waals surface area contributed by atoms with Gasteiger partial charge in [0, 0.05) is 6.07 Å².